The molecule has 5 nitrogen and oxygen atoms in total. The Morgan fingerprint density at radius 3 is 2.33 bits per heavy atom. The molecule has 8 heteroatoms. The molecule has 1 aromatic rings. The summed E-state index contributed by atoms with van der Waals surface area (Å²) in [5, 5.41) is 5.02. The topological polar surface area (TPSA) is 80.5 Å². The number of hydrogen-bond donors (Lipinski definition) is 1. The van der Waals surface area contributed by atoms with Crippen molar-refractivity contribution in [1.29, 1.82) is 0 Å². The highest BCUT2D eigenvalue weighted by Gasteiger charge is 2.25. The van der Waals surface area contributed by atoms with Crippen molar-refractivity contribution in [2.45, 2.75) is 25.7 Å². The zero-order chi connectivity index (χ0) is 16.6. The van der Waals surface area contributed by atoms with E-state index in [2.05, 4.69) is 15.9 Å². The van der Waals surface area contributed by atoms with E-state index < -0.39 is 26.6 Å². The summed E-state index contributed by atoms with van der Waals surface area (Å²) in [6.45, 7) is 6.28. The molecule has 0 aliphatic rings. The molecule has 0 aromatic heterocycles. The van der Waals surface area contributed by atoms with Gasteiger partial charge in [-0.25, -0.2) is 17.9 Å². The van der Waals surface area contributed by atoms with E-state index in [1.54, 1.807) is 7.05 Å². The molecular formula is C13H18BrFN2O3S. The number of halogens is 2. The molecule has 0 saturated carbocycles. The SMILES string of the molecule is CN(CC(C)(C)C)C(=O)c1cc(F)cc(S(N)(=O)=O)c1Br. The number of primary sulfonamides is 1. The van der Waals surface area contributed by atoms with Gasteiger partial charge in [0, 0.05) is 13.6 Å². The van der Waals surface area contributed by atoms with Crippen molar-refractivity contribution in [3.63, 3.8) is 0 Å². The lowest BCUT2D eigenvalue weighted by Crippen LogP contribution is -2.35. The molecule has 1 rings (SSSR count). The lowest BCUT2D eigenvalue weighted by molar-refractivity contribution is 0.0744. The van der Waals surface area contributed by atoms with Crippen molar-refractivity contribution < 1.29 is 17.6 Å². The largest absolute Gasteiger partial charge is 0.341 e. The van der Waals surface area contributed by atoms with Crippen LogP contribution >= 0.6 is 15.9 Å². The first-order chi connectivity index (χ1) is 9.33. The van der Waals surface area contributed by atoms with Gasteiger partial charge in [-0.1, -0.05) is 20.8 Å². The molecule has 2 N–H and O–H groups in total. The average molecular weight is 381 g/mol. The van der Waals surface area contributed by atoms with E-state index in [-0.39, 0.29) is 15.5 Å². The summed E-state index contributed by atoms with van der Waals surface area (Å²) in [7, 11) is -2.56. The van der Waals surface area contributed by atoms with Gasteiger partial charge in [0.2, 0.25) is 10.0 Å². The van der Waals surface area contributed by atoms with Crippen molar-refractivity contribution in [2.75, 3.05) is 13.6 Å². The Balaban J connectivity index is 3.32. The van der Waals surface area contributed by atoms with Gasteiger partial charge in [-0.3, -0.25) is 4.79 Å². The van der Waals surface area contributed by atoms with Gasteiger partial charge < -0.3 is 4.90 Å². The number of nitrogens with two attached hydrogens (primary N) is 1. The molecule has 0 fully saturated rings. The fourth-order valence-corrected chi connectivity index (χ4v) is 3.63. The lowest BCUT2D eigenvalue weighted by Gasteiger charge is -2.27. The highest BCUT2D eigenvalue weighted by molar-refractivity contribution is 9.10. The Hall–Kier alpha value is -0.990. The first-order valence-electron chi connectivity index (χ1n) is 6.10. The molecule has 1 aromatic carbocycles. The summed E-state index contributed by atoms with van der Waals surface area (Å²) in [6.07, 6.45) is 0. The van der Waals surface area contributed by atoms with E-state index in [4.69, 9.17) is 5.14 Å². The first kappa shape index (κ1) is 18.1. The normalized spacial score (nSPS) is 12.3. The molecule has 0 aliphatic carbocycles. The van der Waals surface area contributed by atoms with Crippen LogP contribution in [0.3, 0.4) is 0 Å². The van der Waals surface area contributed by atoms with Gasteiger partial charge in [0.1, 0.15) is 5.82 Å². The predicted octanol–water partition coefficient (Wildman–Crippen LogP) is 2.35. The Morgan fingerprint density at radius 1 is 1.38 bits per heavy atom. The molecule has 0 aliphatic heterocycles. The zero-order valence-electron chi connectivity index (χ0n) is 12.3. The number of carbonyl (C=O) groups is 1. The molecule has 0 heterocycles. The number of sulfonamides is 1. The van der Waals surface area contributed by atoms with E-state index in [9.17, 15) is 17.6 Å². The maximum atomic E-state index is 13.6. The van der Waals surface area contributed by atoms with Crippen LogP contribution in [0.25, 0.3) is 0 Å². The van der Waals surface area contributed by atoms with E-state index in [1.165, 1.54) is 4.90 Å². The van der Waals surface area contributed by atoms with Crippen molar-refractivity contribution in [3.8, 4) is 0 Å². The standard InChI is InChI=1S/C13H18BrFN2O3S/c1-13(2,3)7-17(4)12(18)9-5-8(15)6-10(11(9)14)21(16,19)20/h5-6H,7H2,1-4H3,(H2,16,19,20). The predicted molar refractivity (Wildman–Crippen MR) is 81.9 cm³/mol. The third-order valence-electron chi connectivity index (χ3n) is 2.60. The van der Waals surface area contributed by atoms with Gasteiger partial charge in [0.05, 0.1) is 14.9 Å². The van der Waals surface area contributed by atoms with Crippen LogP contribution in [-0.4, -0.2) is 32.8 Å². The highest BCUT2D eigenvalue weighted by Crippen LogP contribution is 2.28. The second-order valence-corrected chi connectivity index (χ2v) is 8.36. The number of hydrogen-bond acceptors (Lipinski definition) is 3. The van der Waals surface area contributed by atoms with Gasteiger partial charge in [0.15, 0.2) is 0 Å². The molecule has 0 atom stereocenters. The quantitative estimate of drug-likeness (QED) is 0.873. The van der Waals surface area contributed by atoms with E-state index in [0.717, 1.165) is 12.1 Å². The van der Waals surface area contributed by atoms with Crippen molar-refractivity contribution in [3.05, 3.63) is 28.0 Å². The van der Waals surface area contributed by atoms with Crippen molar-refractivity contribution in [1.82, 2.24) is 4.90 Å². The Morgan fingerprint density at radius 2 is 1.90 bits per heavy atom. The summed E-state index contributed by atoms with van der Waals surface area (Å²) in [6, 6.07) is 1.76. The van der Waals surface area contributed by atoms with Crippen molar-refractivity contribution in [2.24, 2.45) is 10.6 Å². The molecule has 0 bridgehead atoms. The minimum Gasteiger partial charge on any atom is -0.341 e. The van der Waals surface area contributed by atoms with Gasteiger partial charge >= 0.3 is 0 Å². The van der Waals surface area contributed by atoms with Gasteiger partial charge in [-0.2, -0.15) is 0 Å². The van der Waals surface area contributed by atoms with E-state index >= 15 is 0 Å². The maximum Gasteiger partial charge on any atom is 0.254 e. The monoisotopic (exact) mass is 380 g/mol. The average Bonchev–Trinajstić information content (AvgIpc) is 2.27. The smallest absolute Gasteiger partial charge is 0.254 e. The number of carbonyl (C=O) groups excluding carboxylic acids is 1. The molecular weight excluding hydrogens is 363 g/mol. The molecule has 1 amide bonds. The van der Waals surface area contributed by atoms with E-state index in [0.29, 0.717) is 6.54 Å². The maximum absolute atomic E-state index is 13.6. The second kappa shape index (κ2) is 6.02. The highest BCUT2D eigenvalue weighted by atomic mass is 79.9. The number of benzene rings is 1. The minimum absolute atomic E-state index is 0.0304. The molecule has 0 unspecified atom stereocenters. The summed E-state index contributed by atoms with van der Waals surface area (Å²) < 4.78 is 36.4. The zero-order valence-corrected chi connectivity index (χ0v) is 14.7. The molecule has 0 spiro atoms. The van der Waals surface area contributed by atoms with Crippen LogP contribution in [0.5, 0.6) is 0 Å². The van der Waals surface area contributed by atoms with Crippen molar-refractivity contribution >= 4 is 31.9 Å². The first-order valence-corrected chi connectivity index (χ1v) is 8.44. The van der Waals surface area contributed by atoms with Crippen LogP contribution in [-0.2, 0) is 10.0 Å². The van der Waals surface area contributed by atoms with Crippen LogP contribution in [0.4, 0.5) is 4.39 Å². The van der Waals surface area contributed by atoms with E-state index in [1.807, 2.05) is 20.8 Å². The van der Waals surface area contributed by atoms with Gasteiger partial charge in [-0.15, -0.1) is 0 Å². The van der Waals surface area contributed by atoms with Crippen LogP contribution < -0.4 is 5.14 Å². The third-order valence-corrected chi connectivity index (χ3v) is 4.65. The third kappa shape index (κ3) is 4.76. The minimum atomic E-state index is -4.13. The molecule has 21 heavy (non-hydrogen) atoms. The summed E-state index contributed by atoms with van der Waals surface area (Å²) in [5.41, 5.74) is -0.224. The fourth-order valence-electron chi connectivity index (χ4n) is 1.92. The van der Waals surface area contributed by atoms with Crippen LogP contribution in [0.15, 0.2) is 21.5 Å². The summed E-state index contributed by atoms with van der Waals surface area (Å²) >= 11 is 3.03. The van der Waals surface area contributed by atoms with Crippen LogP contribution in [0, 0.1) is 11.2 Å². The summed E-state index contributed by atoms with van der Waals surface area (Å²) in [4.78, 5) is 13.3. The van der Waals surface area contributed by atoms with Crippen LogP contribution in [0.2, 0.25) is 0 Å². The Labute approximate surface area is 132 Å². The molecule has 0 radical (unpaired) electrons. The molecule has 0 saturated heterocycles. The van der Waals surface area contributed by atoms with Gasteiger partial charge in [0.25, 0.3) is 5.91 Å². The lowest BCUT2D eigenvalue weighted by atomic mass is 9.96. The second-order valence-electron chi connectivity index (χ2n) is 6.03. The Kier molecular flexibility index (Phi) is 5.18. The Bertz CT molecular complexity index is 669. The number of rotatable bonds is 3. The number of nitrogens with zero attached hydrogens (tertiary/aromatic N) is 1. The fraction of sp³-hybridized carbons (Fsp3) is 0.462. The number of amides is 1. The summed E-state index contributed by atoms with van der Waals surface area (Å²) in [5.74, 6) is -1.32. The van der Waals surface area contributed by atoms with Gasteiger partial charge in [-0.05, 0) is 33.5 Å². The van der Waals surface area contributed by atoms with Crippen LogP contribution in [0.1, 0.15) is 31.1 Å². The molecule has 118 valence electrons.